The fourth-order valence-corrected chi connectivity index (χ4v) is 1.65. The molecule has 0 fully saturated rings. The molecule has 96 valence electrons. The van der Waals surface area contributed by atoms with Gasteiger partial charge in [-0.25, -0.2) is 0 Å². The standard InChI is InChI=1S/C13H18N4O/c1-4-10(3)18-12-9-7-6-8-11(12)17-13(5-2)14-15-16-17/h6-10H,4-5H2,1-3H3. The highest BCUT2D eigenvalue weighted by Gasteiger charge is 2.12. The Morgan fingerprint density at radius 2 is 2.06 bits per heavy atom. The van der Waals surface area contributed by atoms with Gasteiger partial charge in [0, 0.05) is 6.42 Å². The van der Waals surface area contributed by atoms with Gasteiger partial charge in [0.2, 0.25) is 0 Å². The zero-order valence-corrected chi connectivity index (χ0v) is 11.0. The van der Waals surface area contributed by atoms with Crippen LogP contribution in [0.2, 0.25) is 0 Å². The van der Waals surface area contributed by atoms with Crippen LogP contribution in [0, 0.1) is 0 Å². The Bertz CT molecular complexity index is 509. The lowest BCUT2D eigenvalue weighted by molar-refractivity contribution is 0.216. The van der Waals surface area contributed by atoms with Gasteiger partial charge < -0.3 is 4.74 Å². The molecule has 0 amide bonds. The summed E-state index contributed by atoms with van der Waals surface area (Å²) in [6.07, 6.45) is 1.92. The number of nitrogens with zero attached hydrogens (tertiary/aromatic N) is 4. The number of benzene rings is 1. The van der Waals surface area contributed by atoms with Crippen molar-refractivity contribution in [2.24, 2.45) is 0 Å². The molecule has 0 N–H and O–H groups in total. The van der Waals surface area contributed by atoms with Crippen LogP contribution in [-0.4, -0.2) is 26.3 Å². The van der Waals surface area contributed by atoms with Crippen LogP contribution in [0.4, 0.5) is 0 Å². The molecule has 2 aromatic rings. The summed E-state index contributed by atoms with van der Waals surface area (Å²) in [5, 5.41) is 11.7. The molecular weight excluding hydrogens is 228 g/mol. The van der Waals surface area contributed by atoms with E-state index in [9.17, 15) is 0 Å². The first-order valence-electron chi connectivity index (χ1n) is 6.29. The summed E-state index contributed by atoms with van der Waals surface area (Å²) in [6.45, 7) is 6.18. The Kier molecular flexibility index (Phi) is 3.92. The van der Waals surface area contributed by atoms with Gasteiger partial charge in [0.25, 0.3) is 0 Å². The fraction of sp³-hybridized carbons (Fsp3) is 0.462. The van der Waals surface area contributed by atoms with Crippen LogP contribution < -0.4 is 4.74 Å². The minimum absolute atomic E-state index is 0.174. The largest absolute Gasteiger partial charge is 0.488 e. The summed E-state index contributed by atoms with van der Waals surface area (Å²) in [5.41, 5.74) is 0.889. The molecule has 0 bridgehead atoms. The van der Waals surface area contributed by atoms with Gasteiger partial charge in [-0.05, 0) is 35.9 Å². The number of aryl methyl sites for hydroxylation is 1. The Hall–Kier alpha value is -1.91. The maximum absolute atomic E-state index is 5.90. The van der Waals surface area contributed by atoms with Crippen molar-refractivity contribution in [2.75, 3.05) is 0 Å². The molecule has 0 aliphatic rings. The van der Waals surface area contributed by atoms with E-state index in [-0.39, 0.29) is 6.10 Å². The Labute approximate surface area is 107 Å². The van der Waals surface area contributed by atoms with Crippen LogP contribution in [0.1, 0.15) is 33.0 Å². The summed E-state index contributed by atoms with van der Waals surface area (Å²) < 4.78 is 7.64. The Morgan fingerprint density at radius 3 is 2.78 bits per heavy atom. The van der Waals surface area contributed by atoms with Gasteiger partial charge in [-0.2, -0.15) is 4.68 Å². The van der Waals surface area contributed by atoms with Gasteiger partial charge in [0.1, 0.15) is 11.4 Å². The van der Waals surface area contributed by atoms with Gasteiger partial charge in [-0.1, -0.05) is 26.0 Å². The van der Waals surface area contributed by atoms with Crippen LogP contribution in [0.3, 0.4) is 0 Å². The highest BCUT2D eigenvalue weighted by atomic mass is 16.5. The third-order valence-corrected chi connectivity index (χ3v) is 2.85. The van der Waals surface area contributed by atoms with Crippen LogP contribution >= 0.6 is 0 Å². The number of hydrogen-bond acceptors (Lipinski definition) is 4. The first kappa shape index (κ1) is 12.5. The van der Waals surface area contributed by atoms with Gasteiger partial charge in [-0.15, -0.1) is 5.10 Å². The first-order valence-corrected chi connectivity index (χ1v) is 6.29. The van der Waals surface area contributed by atoms with Gasteiger partial charge in [0.05, 0.1) is 6.10 Å². The molecule has 18 heavy (non-hydrogen) atoms. The second kappa shape index (κ2) is 5.62. The highest BCUT2D eigenvalue weighted by Crippen LogP contribution is 2.24. The number of hydrogen-bond donors (Lipinski definition) is 0. The lowest BCUT2D eigenvalue weighted by Crippen LogP contribution is -2.12. The van der Waals surface area contributed by atoms with E-state index >= 15 is 0 Å². The van der Waals surface area contributed by atoms with Crippen LogP contribution in [-0.2, 0) is 6.42 Å². The predicted octanol–water partition coefficient (Wildman–Crippen LogP) is 2.40. The van der Waals surface area contributed by atoms with E-state index in [0.29, 0.717) is 0 Å². The number of tetrazole rings is 1. The molecule has 1 heterocycles. The molecular formula is C13H18N4O. The van der Waals surface area contributed by atoms with Gasteiger partial charge in [-0.3, -0.25) is 0 Å². The maximum atomic E-state index is 5.90. The van der Waals surface area contributed by atoms with E-state index < -0.39 is 0 Å². The summed E-state index contributed by atoms with van der Waals surface area (Å²) in [7, 11) is 0. The summed E-state index contributed by atoms with van der Waals surface area (Å²) in [6, 6.07) is 7.83. The topological polar surface area (TPSA) is 52.8 Å². The number of ether oxygens (including phenoxy) is 1. The van der Waals surface area contributed by atoms with Crippen LogP contribution in [0.25, 0.3) is 5.69 Å². The zero-order valence-electron chi connectivity index (χ0n) is 11.0. The SMILES string of the molecule is CCc1nnnn1-c1ccccc1OC(C)CC. The first-order chi connectivity index (χ1) is 8.76. The van der Waals surface area contributed by atoms with Gasteiger partial charge >= 0.3 is 0 Å². The maximum Gasteiger partial charge on any atom is 0.156 e. The van der Waals surface area contributed by atoms with Crippen molar-refractivity contribution in [3.63, 3.8) is 0 Å². The van der Waals surface area contributed by atoms with Crippen molar-refractivity contribution in [2.45, 2.75) is 39.7 Å². The van der Waals surface area contributed by atoms with Crippen molar-refractivity contribution in [1.82, 2.24) is 20.2 Å². The molecule has 0 radical (unpaired) electrons. The minimum atomic E-state index is 0.174. The van der Waals surface area contributed by atoms with Crippen molar-refractivity contribution in [3.05, 3.63) is 30.1 Å². The minimum Gasteiger partial charge on any atom is -0.488 e. The Morgan fingerprint density at radius 1 is 1.28 bits per heavy atom. The smallest absolute Gasteiger partial charge is 0.156 e. The highest BCUT2D eigenvalue weighted by molar-refractivity contribution is 5.46. The molecule has 1 unspecified atom stereocenters. The molecule has 0 saturated heterocycles. The van der Waals surface area contributed by atoms with Crippen molar-refractivity contribution in [3.8, 4) is 11.4 Å². The molecule has 1 atom stereocenters. The summed E-state index contributed by atoms with van der Waals surface area (Å²) >= 11 is 0. The molecule has 5 nitrogen and oxygen atoms in total. The molecule has 0 saturated carbocycles. The van der Waals surface area contributed by atoms with E-state index in [1.54, 1.807) is 4.68 Å². The number of aromatic nitrogens is 4. The van der Waals surface area contributed by atoms with E-state index in [2.05, 4.69) is 29.4 Å². The quantitative estimate of drug-likeness (QED) is 0.813. The average Bonchev–Trinajstić information content (AvgIpc) is 2.87. The van der Waals surface area contributed by atoms with Crippen LogP contribution in [0.15, 0.2) is 24.3 Å². The molecule has 0 aliphatic heterocycles. The summed E-state index contributed by atoms with van der Waals surface area (Å²) in [4.78, 5) is 0. The summed E-state index contributed by atoms with van der Waals surface area (Å²) in [5.74, 6) is 1.64. The van der Waals surface area contributed by atoms with E-state index in [1.165, 1.54) is 0 Å². The predicted molar refractivity (Wildman–Crippen MR) is 68.9 cm³/mol. The molecule has 5 heteroatoms. The lowest BCUT2D eigenvalue weighted by Gasteiger charge is -2.16. The third kappa shape index (κ3) is 2.50. The molecule has 1 aromatic heterocycles. The second-order valence-corrected chi connectivity index (χ2v) is 4.16. The third-order valence-electron chi connectivity index (χ3n) is 2.85. The van der Waals surface area contributed by atoms with E-state index in [4.69, 9.17) is 4.74 Å². The zero-order chi connectivity index (χ0) is 13.0. The lowest BCUT2D eigenvalue weighted by atomic mass is 10.2. The molecule has 2 rings (SSSR count). The number of rotatable bonds is 5. The van der Waals surface area contributed by atoms with Crippen molar-refractivity contribution < 1.29 is 4.74 Å². The van der Waals surface area contributed by atoms with Gasteiger partial charge in [0.15, 0.2) is 5.82 Å². The molecule has 0 aliphatic carbocycles. The molecule has 0 spiro atoms. The monoisotopic (exact) mass is 246 g/mol. The fourth-order valence-electron chi connectivity index (χ4n) is 1.65. The second-order valence-electron chi connectivity index (χ2n) is 4.16. The molecule has 1 aromatic carbocycles. The normalized spacial score (nSPS) is 12.4. The van der Waals surface area contributed by atoms with Crippen molar-refractivity contribution >= 4 is 0 Å². The van der Waals surface area contributed by atoms with Crippen LogP contribution in [0.5, 0.6) is 5.75 Å². The van der Waals surface area contributed by atoms with E-state index in [1.807, 2.05) is 31.2 Å². The van der Waals surface area contributed by atoms with E-state index in [0.717, 1.165) is 30.1 Å². The number of para-hydroxylation sites is 2. The Balaban J connectivity index is 2.38. The van der Waals surface area contributed by atoms with Crippen molar-refractivity contribution in [1.29, 1.82) is 0 Å². The average molecular weight is 246 g/mol.